The first-order chi connectivity index (χ1) is 14.9. The molecule has 0 spiro atoms. The van der Waals surface area contributed by atoms with Crippen LogP contribution in [0.25, 0.3) is 76.8 Å². The van der Waals surface area contributed by atoms with Crippen LogP contribution in [-0.4, -0.2) is 4.98 Å². The molecule has 0 unspecified atom stereocenters. The average molecular weight is 381 g/mol. The summed E-state index contributed by atoms with van der Waals surface area (Å²) in [6.07, 6.45) is 0. The minimum absolute atomic E-state index is 0.937. The van der Waals surface area contributed by atoms with Crippen LogP contribution in [0.4, 0.5) is 0 Å². The van der Waals surface area contributed by atoms with Gasteiger partial charge in [-0.15, -0.1) is 0 Å². The number of benzene rings is 5. The summed E-state index contributed by atoms with van der Waals surface area (Å²) in [6.45, 7) is 0. The smallest absolute Gasteiger partial charge is 0.145 e. The van der Waals surface area contributed by atoms with E-state index in [1.807, 2.05) is 12.1 Å². The van der Waals surface area contributed by atoms with Crippen molar-refractivity contribution in [2.24, 2.45) is 0 Å². The molecule has 1 aliphatic carbocycles. The Balaban J connectivity index is 1.65. The Kier molecular flexibility index (Phi) is 2.44. The lowest BCUT2D eigenvalue weighted by Crippen LogP contribution is -1.79. The van der Waals surface area contributed by atoms with E-state index in [0.29, 0.717) is 0 Å². The molecule has 0 amide bonds. The first-order valence-electron chi connectivity index (χ1n) is 10.3. The Hall–Kier alpha value is -4.04. The minimum atomic E-state index is 0.937. The molecule has 0 aliphatic heterocycles. The lowest BCUT2D eigenvalue weighted by atomic mass is 9.99. The van der Waals surface area contributed by atoms with Crippen molar-refractivity contribution in [3.8, 4) is 22.3 Å². The molecule has 138 valence electrons. The Morgan fingerprint density at radius 3 is 2.23 bits per heavy atom. The number of hydrogen-bond donors (Lipinski definition) is 1. The molecule has 0 fully saturated rings. The third-order valence-electron chi connectivity index (χ3n) is 6.74. The molecule has 2 nitrogen and oxygen atoms in total. The van der Waals surface area contributed by atoms with Gasteiger partial charge in [0.05, 0.1) is 16.4 Å². The highest BCUT2D eigenvalue weighted by Crippen LogP contribution is 2.50. The second-order valence-electron chi connectivity index (χ2n) is 8.21. The van der Waals surface area contributed by atoms with Gasteiger partial charge in [0.2, 0.25) is 0 Å². The summed E-state index contributed by atoms with van der Waals surface area (Å²) in [4.78, 5) is 3.71. The summed E-state index contributed by atoms with van der Waals surface area (Å²) in [6, 6.07) is 30.4. The van der Waals surface area contributed by atoms with Crippen molar-refractivity contribution in [2.45, 2.75) is 0 Å². The molecule has 1 N–H and O–H groups in total. The predicted octanol–water partition coefficient (Wildman–Crippen LogP) is 8.02. The van der Waals surface area contributed by atoms with E-state index in [1.165, 1.54) is 60.1 Å². The van der Waals surface area contributed by atoms with Gasteiger partial charge < -0.3 is 9.40 Å². The third-order valence-corrected chi connectivity index (χ3v) is 6.74. The monoisotopic (exact) mass is 381 g/mol. The zero-order valence-electron chi connectivity index (χ0n) is 16.0. The lowest BCUT2D eigenvalue weighted by Gasteiger charge is -2.04. The van der Waals surface area contributed by atoms with Crippen LogP contribution in [0.2, 0.25) is 0 Å². The van der Waals surface area contributed by atoms with Crippen molar-refractivity contribution in [3.63, 3.8) is 0 Å². The van der Waals surface area contributed by atoms with Crippen LogP contribution in [0.15, 0.2) is 89.3 Å². The van der Waals surface area contributed by atoms with Gasteiger partial charge >= 0.3 is 0 Å². The van der Waals surface area contributed by atoms with E-state index in [1.54, 1.807) is 0 Å². The van der Waals surface area contributed by atoms with Crippen LogP contribution in [0.5, 0.6) is 0 Å². The van der Waals surface area contributed by atoms with Gasteiger partial charge in [-0.05, 0) is 51.9 Å². The van der Waals surface area contributed by atoms with E-state index >= 15 is 0 Å². The fraction of sp³-hybridized carbons (Fsp3) is 0. The number of aromatic amines is 1. The maximum absolute atomic E-state index is 6.38. The molecular formula is C28H15NO. The second-order valence-corrected chi connectivity index (χ2v) is 8.21. The molecule has 8 rings (SSSR count). The number of aromatic nitrogens is 1. The summed E-state index contributed by atoms with van der Waals surface area (Å²) in [7, 11) is 0. The van der Waals surface area contributed by atoms with Crippen LogP contribution in [0, 0.1) is 0 Å². The molecule has 0 saturated carbocycles. The van der Waals surface area contributed by atoms with Crippen molar-refractivity contribution < 1.29 is 4.42 Å². The van der Waals surface area contributed by atoms with Crippen molar-refractivity contribution in [3.05, 3.63) is 84.9 Å². The fourth-order valence-electron chi connectivity index (χ4n) is 5.50. The number of nitrogens with one attached hydrogen (secondary N) is 1. The van der Waals surface area contributed by atoms with Gasteiger partial charge in [0.1, 0.15) is 11.2 Å². The normalized spacial score (nSPS) is 12.7. The van der Waals surface area contributed by atoms with Gasteiger partial charge in [0, 0.05) is 21.5 Å². The van der Waals surface area contributed by atoms with E-state index in [9.17, 15) is 0 Å². The van der Waals surface area contributed by atoms with Crippen LogP contribution < -0.4 is 0 Å². The Labute approximate surface area is 171 Å². The summed E-state index contributed by atoms with van der Waals surface area (Å²) < 4.78 is 6.38. The standard InChI is InChI=1S/C28H15NO/c1-2-7-16-15(6-1)18-9-5-10-20-25(18)21(16)14-22-26-23(29-27(20)22)13-12-19-17-8-3-4-11-24(17)30-28(19)26/h1-14,29H. The van der Waals surface area contributed by atoms with E-state index in [2.05, 4.69) is 77.8 Å². The highest BCUT2D eigenvalue weighted by atomic mass is 16.3. The summed E-state index contributed by atoms with van der Waals surface area (Å²) in [5.41, 5.74) is 9.49. The Morgan fingerprint density at radius 1 is 0.533 bits per heavy atom. The molecular weight excluding hydrogens is 366 g/mol. The Morgan fingerprint density at radius 2 is 1.30 bits per heavy atom. The summed E-state index contributed by atoms with van der Waals surface area (Å²) >= 11 is 0. The average Bonchev–Trinajstić information content (AvgIpc) is 3.45. The number of rotatable bonds is 0. The van der Waals surface area contributed by atoms with Gasteiger partial charge in [-0.2, -0.15) is 0 Å². The molecule has 0 bridgehead atoms. The molecule has 5 aromatic carbocycles. The fourth-order valence-corrected chi connectivity index (χ4v) is 5.50. The number of para-hydroxylation sites is 1. The first kappa shape index (κ1) is 14.9. The lowest BCUT2D eigenvalue weighted by molar-refractivity contribution is 0.673. The SMILES string of the molecule is c1ccc2c(c1)-c1cccc3c1c-2cc1c3[nH]c2ccc3c4ccccc4oc3c21. The summed E-state index contributed by atoms with van der Waals surface area (Å²) in [5.74, 6) is 0. The topological polar surface area (TPSA) is 28.9 Å². The third kappa shape index (κ3) is 1.60. The number of H-pyrrole nitrogens is 1. The van der Waals surface area contributed by atoms with Gasteiger partial charge in [-0.25, -0.2) is 0 Å². The van der Waals surface area contributed by atoms with E-state index < -0.39 is 0 Å². The van der Waals surface area contributed by atoms with E-state index in [4.69, 9.17) is 4.42 Å². The molecule has 2 aromatic heterocycles. The van der Waals surface area contributed by atoms with Crippen LogP contribution in [-0.2, 0) is 0 Å². The maximum atomic E-state index is 6.38. The van der Waals surface area contributed by atoms with Crippen molar-refractivity contribution in [1.82, 2.24) is 4.98 Å². The Bertz CT molecular complexity index is 1850. The molecule has 7 aromatic rings. The van der Waals surface area contributed by atoms with Crippen LogP contribution >= 0.6 is 0 Å². The van der Waals surface area contributed by atoms with Crippen LogP contribution in [0.1, 0.15) is 0 Å². The summed E-state index contributed by atoms with van der Waals surface area (Å²) in [5, 5.41) is 7.36. The number of hydrogen-bond acceptors (Lipinski definition) is 1. The molecule has 2 heteroatoms. The number of furan rings is 1. The largest absolute Gasteiger partial charge is 0.455 e. The minimum Gasteiger partial charge on any atom is -0.455 e. The molecule has 0 saturated heterocycles. The first-order valence-corrected chi connectivity index (χ1v) is 10.3. The van der Waals surface area contributed by atoms with Gasteiger partial charge in [-0.1, -0.05) is 60.7 Å². The zero-order chi connectivity index (χ0) is 19.4. The maximum Gasteiger partial charge on any atom is 0.145 e. The zero-order valence-corrected chi connectivity index (χ0v) is 16.0. The number of fused-ring (bicyclic) bond motifs is 11. The van der Waals surface area contributed by atoms with E-state index in [-0.39, 0.29) is 0 Å². The quantitative estimate of drug-likeness (QED) is 0.283. The predicted molar refractivity (Wildman–Crippen MR) is 125 cm³/mol. The highest BCUT2D eigenvalue weighted by Gasteiger charge is 2.24. The van der Waals surface area contributed by atoms with Crippen LogP contribution in [0.3, 0.4) is 0 Å². The van der Waals surface area contributed by atoms with Gasteiger partial charge in [0.15, 0.2) is 0 Å². The molecule has 30 heavy (non-hydrogen) atoms. The van der Waals surface area contributed by atoms with Gasteiger partial charge in [0.25, 0.3) is 0 Å². The molecule has 2 heterocycles. The van der Waals surface area contributed by atoms with Crippen molar-refractivity contribution in [2.75, 3.05) is 0 Å². The van der Waals surface area contributed by atoms with Gasteiger partial charge in [-0.3, -0.25) is 0 Å². The van der Waals surface area contributed by atoms with Crippen molar-refractivity contribution in [1.29, 1.82) is 0 Å². The molecule has 0 radical (unpaired) electrons. The molecule has 0 atom stereocenters. The van der Waals surface area contributed by atoms with E-state index in [0.717, 1.165) is 16.7 Å². The second kappa shape index (κ2) is 4.92. The highest BCUT2D eigenvalue weighted by molar-refractivity contribution is 6.30. The molecule has 1 aliphatic rings. The van der Waals surface area contributed by atoms with Crippen molar-refractivity contribution >= 4 is 54.5 Å².